The van der Waals surface area contributed by atoms with E-state index in [9.17, 15) is 0 Å². The van der Waals surface area contributed by atoms with Crippen molar-refractivity contribution in [3.8, 4) is 0 Å². The number of likely N-dealkylation sites (N-methyl/N-ethyl adjacent to an activating group) is 1. The first-order valence-corrected chi connectivity index (χ1v) is 4.05. The standard InChI is InChI=1S/C10H17NO2/c1-5-10(3)11(4)9-13-8-7-12-6-2/h5-6H,1-3,7-9H2,4H3. The number of allylic oxidation sites excluding steroid dienone is 1. The molecule has 0 bridgehead atoms. The van der Waals surface area contributed by atoms with Crippen LogP contribution in [-0.4, -0.2) is 31.9 Å². The first kappa shape index (κ1) is 11.8. The maximum absolute atomic E-state index is 5.26. The predicted octanol–water partition coefficient (Wildman–Crippen LogP) is 1.75. The summed E-state index contributed by atoms with van der Waals surface area (Å²) in [4.78, 5) is 1.86. The highest BCUT2D eigenvalue weighted by Gasteiger charge is 1.96. The second-order valence-electron chi connectivity index (χ2n) is 2.47. The summed E-state index contributed by atoms with van der Waals surface area (Å²) in [5, 5.41) is 0. The molecule has 0 aliphatic rings. The van der Waals surface area contributed by atoms with Crippen molar-refractivity contribution in [1.29, 1.82) is 0 Å². The van der Waals surface area contributed by atoms with Gasteiger partial charge < -0.3 is 14.4 Å². The quantitative estimate of drug-likeness (QED) is 0.248. The Morgan fingerprint density at radius 2 is 2.08 bits per heavy atom. The normalized spacial score (nSPS) is 9.00. The van der Waals surface area contributed by atoms with E-state index in [1.807, 2.05) is 11.9 Å². The molecule has 0 aromatic rings. The smallest absolute Gasteiger partial charge is 0.118 e. The molecule has 0 saturated carbocycles. The SMILES string of the molecule is C=COCCOCN(C)C(=C)C=C. The maximum atomic E-state index is 5.26. The van der Waals surface area contributed by atoms with E-state index < -0.39 is 0 Å². The highest BCUT2D eigenvalue weighted by molar-refractivity contribution is 5.08. The molecule has 3 heteroatoms. The summed E-state index contributed by atoms with van der Waals surface area (Å²) >= 11 is 0. The largest absolute Gasteiger partial charge is 0.499 e. The van der Waals surface area contributed by atoms with Gasteiger partial charge in [0.05, 0.1) is 12.9 Å². The van der Waals surface area contributed by atoms with Crippen LogP contribution in [-0.2, 0) is 9.47 Å². The highest BCUT2D eigenvalue weighted by atomic mass is 16.5. The number of ether oxygens (including phenoxy) is 2. The molecule has 0 unspecified atom stereocenters. The molecule has 0 aromatic heterocycles. The van der Waals surface area contributed by atoms with Crippen LogP contribution in [0.4, 0.5) is 0 Å². The minimum atomic E-state index is 0.491. The summed E-state index contributed by atoms with van der Waals surface area (Å²) in [6.45, 7) is 12.4. The van der Waals surface area contributed by atoms with Gasteiger partial charge in [-0.15, -0.1) is 0 Å². The second-order valence-corrected chi connectivity index (χ2v) is 2.47. The van der Waals surface area contributed by atoms with Crippen molar-refractivity contribution in [1.82, 2.24) is 4.90 Å². The van der Waals surface area contributed by atoms with Crippen molar-refractivity contribution >= 4 is 0 Å². The zero-order valence-corrected chi connectivity index (χ0v) is 8.16. The molecule has 0 rings (SSSR count). The second kappa shape index (κ2) is 7.43. The molecule has 3 nitrogen and oxygen atoms in total. The topological polar surface area (TPSA) is 21.7 Å². The summed E-state index contributed by atoms with van der Waals surface area (Å²) in [6.07, 6.45) is 3.08. The van der Waals surface area contributed by atoms with Crippen LogP contribution >= 0.6 is 0 Å². The van der Waals surface area contributed by atoms with Crippen LogP contribution in [0.2, 0.25) is 0 Å². The molecular formula is C10H17NO2. The van der Waals surface area contributed by atoms with Crippen LogP contribution in [0.15, 0.2) is 37.8 Å². The molecule has 0 heterocycles. The first-order valence-electron chi connectivity index (χ1n) is 4.05. The van der Waals surface area contributed by atoms with Gasteiger partial charge in [-0.05, 0) is 6.08 Å². The van der Waals surface area contributed by atoms with Crippen molar-refractivity contribution in [2.45, 2.75) is 0 Å². The van der Waals surface area contributed by atoms with Crippen molar-refractivity contribution in [3.63, 3.8) is 0 Å². The predicted molar refractivity (Wildman–Crippen MR) is 54.1 cm³/mol. The van der Waals surface area contributed by atoms with E-state index in [0.717, 1.165) is 5.70 Å². The van der Waals surface area contributed by atoms with Gasteiger partial charge in [0.25, 0.3) is 0 Å². The molecule has 13 heavy (non-hydrogen) atoms. The van der Waals surface area contributed by atoms with Crippen LogP contribution in [0.3, 0.4) is 0 Å². The molecule has 0 fully saturated rings. The Hall–Kier alpha value is -1.22. The van der Waals surface area contributed by atoms with Crippen LogP contribution in [0, 0.1) is 0 Å². The Kier molecular flexibility index (Phi) is 6.73. The summed E-state index contributed by atoms with van der Waals surface area (Å²) in [6, 6.07) is 0. The zero-order valence-electron chi connectivity index (χ0n) is 8.16. The van der Waals surface area contributed by atoms with Gasteiger partial charge in [0, 0.05) is 12.7 Å². The molecule has 0 saturated heterocycles. The molecule has 0 aliphatic heterocycles. The number of hydrogen-bond acceptors (Lipinski definition) is 3. The summed E-state index contributed by atoms with van der Waals surface area (Å²) in [7, 11) is 1.89. The van der Waals surface area contributed by atoms with Crippen molar-refractivity contribution in [2.24, 2.45) is 0 Å². The summed E-state index contributed by atoms with van der Waals surface area (Å²) < 4.78 is 10.1. The fraction of sp³-hybridized carbons (Fsp3) is 0.400. The number of hydrogen-bond donors (Lipinski definition) is 0. The van der Waals surface area contributed by atoms with E-state index in [1.54, 1.807) is 6.08 Å². The van der Waals surface area contributed by atoms with Gasteiger partial charge in [-0.3, -0.25) is 0 Å². The van der Waals surface area contributed by atoms with E-state index in [4.69, 9.17) is 9.47 Å². The third kappa shape index (κ3) is 5.99. The molecule has 74 valence electrons. The third-order valence-corrected chi connectivity index (χ3v) is 1.47. The van der Waals surface area contributed by atoms with E-state index in [1.165, 1.54) is 6.26 Å². The molecule has 0 N–H and O–H groups in total. The Morgan fingerprint density at radius 1 is 1.38 bits per heavy atom. The van der Waals surface area contributed by atoms with E-state index in [0.29, 0.717) is 19.9 Å². The monoisotopic (exact) mass is 183 g/mol. The van der Waals surface area contributed by atoms with Crippen molar-refractivity contribution in [2.75, 3.05) is 27.0 Å². The van der Waals surface area contributed by atoms with Crippen LogP contribution in [0.25, 0.3) is 0 Å². The fourth-order valence-corrected chi connectivity index (χ4v) is 0.631. The van der Waals surface area contributed by atoms with Gasteiger partial charge in [-0.2, -0.15) is 0 Å². The summed E-state index contributed by atoms with van der Waals surface area (Å²) in [5.74, 6) is 0. The Morgan fingerprint density at radius 3 is 2.62 bits per heavy atom. The first-order chi connectivity index (χ1) is 6.22. The average Bonchev–Trinajstić information content (AvgIpc) is 2.16. The molecule has 0 amide bonds. The Balaban J connectivity index is 3.36. The zero-order chi connectivity index (χ0) is 10.1. The number of nitrogens with zero attached hydrogens (tertiary/aromatic N) is 1. The molecule has 0 aliphatic carbocycles. The van der Waals surface area contributed by atoms with E-state index in [-0.39, 0.29) is 0 Å². The van der Waals surface area contributed by atoms with Crippen molar-refractivity contribution in [3.05, 3.63) is 37.8 Å². The lowest BCUT2D eigenvalue weighted by atomic mass is 10.4. The minimum Gasteiger partial charge on any atom is -0.499 e. The molecule has 0 radical (unpaired) electrons. The lowest BCUT2D eigenvalue weighted by Gasteiger charge is -2.18. The molecule has 0 spiro atoms. The lowest BCUT2D eigenvalue weighted by molar-refractivity contribution is 0.0348. The number of rotatable bonds is 8. The van der Waals surface area contributed by atoms with Gasteiger partial charge in [-0.1, -0.05) is 19.7 Å². The minimum absolute atomic E-state index is 0.491. The summed E-state index contributed by atoms with van der Waals surface area (Å²) in [5.41, 5.74) is 0.838. The van der Waals surface area contributed by atoms with Crippen LogP contribution in [0.1, 0.15) is 0 Å². The van der Waals surface area contributed by atoms with Gasteiger partial charge in [0.2, 0.25) is 0 Å². The molecule has 0 aromatic carbocycles. The molecule has 0 atom stereocenters. The van der Waals surface area contributed by atoms with Crippen LogP contribution in [0.5, 0.6) is 0 Å². The van der Waals surface area contributed by atoms with E-state index >= 15 is 0 Å². The van der Waals surface area contributed by atoms with Gasteiger partial charge >= 0.3 is 0 Å². The fourth-order valence-electron chi connectivity index (χ4n) is 0.631. The molecular weight excluding hydrogens is 166 g/mol. The van der Waals surface area contributed by atoms with Crippen LogP contribution < -0.4 is 0 Å². The lowest BCUT2D eigenvalue weighted by Crippen LogP contribution is -2.20. The van der Waals surface area contributed by atoms with Crippen molar-refractivity contribution < 1.29 is 9.47 Å². The van der Waals surface area contributed by atoms with Gasteiger partial charge in [0.1, 0.15) is 13.3 Å². The third-order valence-electron chi connectivity index (χ3n) is 1.47. The Labute approximate surface area is 79.9 Å². The Bertz CT molecular complexity index is 178. The van der Waals surface area contributed by atoms with Gasteiger partial charge in [-0.25, -0.2) is 0 Å². The van der Waals surface area contributed by atoms with Gasteiger partial charge in [0.15, 0.2) is 0 Å². The maximum Gasteiger partial charge on any atom is 0.118 e. The average molecular weight is 183 g/mol. The van der Waals surface area contributed by atoms with E-state index in [2.05, 4.69) is 19.7 Å². The highest BCUT2D eigenvalue weighted by Crippen LogP contribution is 1.97.